The summed E-state index contributed by atoms with van der Waals surface area (Å²) < 4.78 is 16.2. The van der Waals surface area contributed by atoms with Crippen LogP contribution in [0.4, 0.5) is 0 Å². The van der Waals surface area contributed by atoms with E-state index in [2.05, 4.69) is 31.0 Å². The molecule has 2 aliphatic rings. The molecule has 1 amide bonds. The van der Waals surface area contributed by atoms with Gasteiger partial charge in [0.15, 0.2) is 0 Å². The van der Waals surface area contributed by atoms with Crippen molar-refractivity contribution in [3.8, 4) is 23.1 Å². The molecule has 3 aromatic rings. The maximum Gasteiger partial charge on any atom is 0.241 e. The third-order valence-corrected chi connectivity index (χ3v) is 5.76. The van der Waals surface area contributed by atoms with Crippen LogP contribution in [-0.2, 0) is 4.79 Å². The number of hydrazine groups is 1. The summed E-state index contributed by atoms with van der Waals surface area (Å²) in [7, 11) is 3.25. The topological polar surface area (TPSA) is 128 Å². The molecule has 2 saturated heterocycles. The number of hydrogen-bond donors (Lipinski definition) is 2. The molecule has 2 unspecified atom stereocenters. The molecule has 4 heterocycles. The molecule has 1 aromatic carbocycles. The molecule has 11 heteroatoms. The molecule has 0 spiro atoms. The van der Waals surface area contributed by atoms with Crippen molar-refractivity contribution in [2.24, 2.45) is 0 Å². The van der Waals surface area contributed by atoms with Crippen LogP contribution in [0.15, 0.2) is 41.2 Å². The smallest absolute Gasteiger partial charge is 0.241 e. The zero-order valence-electron chi connectivity index (χ0n) is 17.7. The molecule has 0 saturated carbocycles. The number of carbonyl (C=O) groups excluding carboxylic acids is 1. The number of nitrogens with zero attached hydrogens (tertiary/aromatic N) is 5. The molecule has 0 radical (unpaired) electrons. The maximum absolute atomic E-state index is 13.0. The predicted molar refractivity (Wildman–Crippen MR) is 112 cm³/mol. The summed E-state index contributed by atoms with van der Waals surface area (Å²) in [6, 6.07) is 6.95. The van der Waals surface area contributed by atoms with E-state index in [1.54, 1.807) is 37.6 Å². The van der Waals surface area contributed by atoms with E-state index in [0.29, 0.717) is 37.0 Å². The second-order valence-corrected chi connectivity index (χ2v) is 7.71. The van der Waals surface area contributed by atoms with Gasteiger partial charge in [-0.3, -0.25) is 4.79 Å². The number of ether oxygens (including phenoxy) is 2. The molecule has 166 valence electrons. The Hall–Kier alpha value is -3.57. The Morgan fingerprint density at radius 1 is 1.12 bits per heavy atom. The van der Waals surface area contributed by atoms with Crippen molar-refractivity contribution >= 4 is 5.91 Å². The number of hydrogen-bond acceptors (Lipinski definition) is 10. The molecular formula is C21H23N7O4. The van der Waals surface area contributed by atoms with Gasteiger partial charge in [0.25, 0.3) is 0 Å². The average molecular weight is 437 g/mol. The first kappa shape index (κ1) is 20.3. The number of carbonyl (C=O) groups is 1. The number of nitrogens with one attached hydrogen (secondary N) is 2. The quantitative estimate of drug-likeness (QED) is 0.578. The zero-order valence-corrected chi connectivity index (χ0v) is 17.7. The van der Waals surface area contributed by atoms with Gasteiger partial charge < -0.3 is 18.9 Å². The van der Waals surface area contributed by atoms with Crippen molar-refractivity contribution < 1.29 is 18.8 Å². The third-order valence-electron chi connectivity index (χ3n) is 5.76. The van der Waals surface area contributed by atoms with E-state index in [-0.39, 0.29) is 23.9 Å². The lowest BCUT2D eigenvalue weighted by Crippen LogP contribution is -2.54. The van der Waals surface area contributed by atoms with E-state index >= 15 is 0 Å². The molecule has 2 atom stereocenters. The van der Waals surface area contributed by atoms with Crippen molar-refractivity contribution in [3.05, 3.63) is 48.1 Å². The van der Waals surface area contributed by atoms with Crippen molar-refractivity contribution in [1.82, 2.24) is 35.9 Å². The summed E-state index contributed by atoms with van der Waals surface area (Å²) in [4.78, 5) is 27.4. The van der Waals surface area contributed by atoms with Gasteiger partial charge in [0, 0.05) is 31.0 Å². The van der Waals surface area contributed by atoms with Gasteiger partial charge in [0.2, 0.25) is 23.4 Å². The fourth-order valence-corrected chi connectivity index (χ4v) is 3.98. The number of amides is 1. The first-order valence-corrected chi connectivity index (χ1v) is 10.3. The average Bonchev–Trinajstić information content (AvgIpc) is 3.48. The van der Waals surface area contributed by atoms with E-state index in [4.69, 9.17) is 14.0 Å². The fraction of sp³-hybridized carbons (Fsp3) is 0.381. The molecule has 2 N–H and O–H groups in total. The largest absolute Gasteiger partial charge is 0.497 e. The van der Waals surface area contributed by atoms with Crippen LogP contribution in [-0.4, -0.2) is 64.3 Å². The van der Waals surface area contributed by atoms with E-state index < -0.39 is 0 Å². The van der Waals surface area contributed by atoms with Gasteiger partial charge in [-0.25, -0.2) is 20.8 Å². The Balaban J connectivity index is 1.19. The van der Waals surface area contributed by atoms with Crippen molar-refractivity contribution in [3.63, 3.8) is 0 Å². The van der Waals surface area contributed by atoms with E-state index in [1.807, 2.05) is 18.2 Å². The van der Waals surface area contributed by atoms with Crippen molar-refractivity contribution in [2.45, 2.75) is 24.4 Å². The van der Waals surface area contributed by atoms with Gasteiger partial charge in [0.1, 0.15) is 17.5 Å². The minimum Gasteiger partial charge on any atom is -0.497 e. The molecule has 2 fully saturated rings. The lowest BCUT2D eigenvalue weighted by molar-refractivity contribution is -0.138. The fourth-order valence-electron chi connectivity index (χ4n) is 3.98. The summed E-state index contributed by atoms with van der Waals surface area (Å²) in [5.74, 6) is 2.78. The van der Waals surface area contributed by atoms with E-state index in [1.165, 1.54) is 0 Å². The van der Waals surface area contributed by atoms with Gasteiger partial charge >= 0.3 is 0 Å². The predicted octanol–water partition coefficient (Wildman–Crippen LogP) is 1.08. The highest BCUT2D eigenvalue weighted by Gasteiger charge is 2.41. The number of rotatable bonds is 6. The summed E-state index contributed by atoms with van der Waals surface area (Å²) >= 11 is 0. The highest BCUT2D eigenvalue weighted by Crippen LogP contribution is 2.34. The van der Waals surface area contributed by atoms with Crippen LogP contribution in [0.3, 0.4) is 0 Å². The molecule has 0 aliphatic carbocycles. The van der Waals surface area contributed by atoms with Gasteiger partial charge in [-0.1, -0.05) is 5.16 Å². The second-order valence-electron chi connectivity index (χ2n) is 7.71. The maximum atomic E-state index is 13.0. The number of benzene rings is 1. The lowest BCUT2D eigenvalue weighted by atomic mass is 9.96. The van der Waals surface area contributed by atoms with Crippen molar-refractivity contribution in [1.29, 1.82) is 0 Å². The normalized spacial score (nSPS) is 20.8. The minimum atomic E-state index is -0.340. The number of aromatic nitrogens is 4. The Bertz CT molecular complexity index is 1100. The van der Waals surface area contributed by atoms with Crippen LogP contribution in [0.5, 0.6) is 11.5 Å². The summed E-state index contributed by atoms with van der Waals surface area (Å²) in [6.07, 6.45) is 3.85. The number of likely N-dealkylation sites (tertiary alicyclic amines) is 1. The summed E-state index contributed by atoms with van der Waals surface area (Å²) in [5.41, 5.74) is 7.27. The third kappa shape index (κ3) is 3.76. The zero-order chi connectivity index (χ0) is 22.1. The Kier molecular flexibility index (Phi) is 5.41. The summed E-state index contributed by atoms with van der Waals surface area (Å²) in [6.45, 7) is 1.06. The molecule has 32 heavy (non-hydrogen) atoms. The Morgan fingerprint density at radius 3 is 2.69 bits per heavy atom. The van der Waals surface area contributed by atoms with Gasteiger partial charge in [-0.05, 0) is 30.7 Å². The molecule has 11 nitrogen and oxygen atoms in total. The Morgan fingerprint density at radius 2 is 1.94 bits per heavy atom. The SMILES string of the molecule is COc1ccc(OC)c(C2CC(C(=O)N3CC(c4nc(-c5ncccn5)no4)C3)NN2)c1. The molecule has 5 rings (SSSR count). The van der Waals surface area contributed by atoms with Crippen molar-refractivity contribution in [2.75, 3.05) is 27.3 Å². The molecule has 2 aliphatic heterocycles. The van der Waals surface area contributed by atoms with Crippen LogP contribution in [0.1, 0.15) is 29.8 Å². The van der Waals surface area contributed by atoms with Crippen LogP contribution < -0.4 is 20.3 Å². The Labute approximate surface area is 184 Å². The lowest BCUT2D eigenvalue weighted by Gasteiger charge is -2.38. The molecule has 0 bridgehead atoms. The molecular weight excluding hydrogens is 414 g/mol. The second kappa shape index (κ2) is 8.52. The molecule has 2 aromatic heterocycles. The first-order valence-electron chi connectivity index (χ1n) is 10.3. The highest BCUT2D eigenvalue weighted by molar-refractivity contribution is 5.83. The minimum absolute atomic E-state index is 0.00699. The van der Waals surface area contributed by atoms with E-state index in [9.17, 15) is 4.79 Å². The van der Waals surface area contributed by atoms with Gasteiger partial charge in [-0.2, -0.15) is 4.98 Å². The van der Waals surface area contributed by atoms with Gasteiger partial charge in [-0.15, -0.1) is 0 Å². The highest BCUT2D eigenvalue weighted by atomic mass is 16.5. The van der Waals surface area contributed by atoms with Crippen LogP contribution >= 0.6 is 0 Å². The van der Waals surface area contributed by atoms with Gasteiger partial charge in [0.05, 0.1) is 26.2 Å². The first-order chi connectivity index (χ1) is 15.7. The van der Waals surface area contributed by atoms with Crippen LogP contribution in [0.25, 0.3) is 11.6 Å². The van der Waals surface area contributed by atoms with Crippen LogP contribution in [0, 0.1) is 0 Å². The summed E-state index contributed by atoms with van der Waals surface area (Å²) in [5, 5.41) is 3.95. The van der Waals surface area contributed by atoms with Crippen LogP contribution in [0.2, 0.25) is 0 Å². The standard InChI is InChI=1S/C21H23N7O4/c1-30-13-4-5-17(31-2)14(8-13)15-9-16(26-25-15)21(29)28-10-12(11-28)20-24-19(27-32-20)18-22-6-3-7-23-18/h3-8,12,15-16,25-26H,9-11H2,1-2H3. The monoisotopic (exact) mass is 437 g/mol. The number of methoxy groups -OCH3 is 2. The van der Waals surface area contributed by atoms with E-state index in [0.717, 1.165) is 17.1 Å².